The van der Waals surface area contributed by atoms with E-state index >= 15 is 0 Å². The standard InChI is InChI=1S/C33H38N2O9/c1-21-30(44-26-10-6-5-7-11-26)24(19-23-13-15-25(39-3)16-14-23)9-8-12-27(33(38)43-21)35-32(37)29-31(42-20-41-22(2)36)28(40-4)17-18-34-29/h5-7,10-11,13-18,21,24,27,30H,8-9,12,19-20H2,1-4H3,(H,35,37)/t21-,24+,27-,30-/m0/s1. The first-order valence-electron chi connectivity index (χ1n) is 14.4. The summed E-state index contributed by atoms with van der Waals surface area (Å²) < 4.78 is 33.4. The first kappa shape index (κ1) is 32.1. The van der Waals surface area contributed by atoms with Crippen LogP contribution in [0, 0.1) is 5.92 Å². The number of aromatic nitrogens is 1. The molecular formula is C33H38N2O9. The van der Waals surface area contributed by atoms with Gasteiger partial charge in [0.15, 0.2) is 17.2 Å². The Hall–Kier alpha value is -4.80. The molecule has 0 radical (unpaired) electrons. The minimum absolute atomic E-state index is 0.00202. The van der Waals surface area contributed by atoms with Crippen molar-refractivity contribution in [3.8, 4) is 23.0 Å². The summed E-state index contributed by atoms with van der Waals surface area (Å²) >= 11 is 0. The van der Waals surface area contributed by atoms with Gasteiger partial charge in [0.25, 0.3) is 5.91 Å². The Morgan fingerprint density at radius 2 is 1.73 bits per heavy atom. The van der Waals surface area contributed by atoms with Gasteiger partial charge < -0.3 is 33.7 Å². The number of amides is 1. The lowest BCUT2D eigenvalue weighted by atomic mass is 9.86. The summed E-state index contributed by atoms with van der Waals surface area (Å²) in [6.45, 7) is 2.60. The van der Waals surface area contributed by atoms with E-state index in [-0.39, 0.29) is 23.1 Å². The number of hydrogen-bond acceptors (Lipinski definition) is 10. The van der Waals surface area contributed by atoms with Crippen LogP contribution in [-0.2, 0) is 25.5 Å². The van der Waals surface area contributed by atoms with Crippen LogP contribution in [0.5, 0.6) is 23.0 Å². The van der Waals surface area contributed by atoms with E-state index in [0.717, 1.165) is 11.3 Å². The van der Waals surface area contributed by atoms with E-state index in [2.05, 4.69) is 10.3 Å². The number of ether oxygens (including phenoxy) is 6. The molecule has 2 heterocycles. The number of benzene rings is 2. The van der Waals surface area contributed by atoms with E-state index < -0.39 is 42.9 Å². The molecule has 0 aliphatic carbocycles. The van der Waals surface area contributed by atoms with Crippen LogP contribution in [-0.4, -0.2) is 62.1 Å². The number of carbonyl (C=O) groups is 3. The van der Waals surface area contributed by atoms with Gasteiger partial charge in [-0.1, -0.05) is 36.8 Å². The number of nitrogens with one attached hydrogen (secondary N) is 1. The minimum atomic E-state index is -0.948. The van der Waals surface area contributed by atoms with Gasteiger partial charge in [0, 0.05) is 25.1 Å². The molecule has 4 rings (SSSR count). The van der Waals surface area contributed by atoms with Crippen LogP contribution in [0.1, 0.15) is 49.2 Å². The summed E-state index contributed by atoms with van der Waals surface area (Å²) in [5.74, 6) is -0.158. The number of para-hydroxylation sites is 1. The lowest BCUT2D eigenvalue weighted by Gasteiger charge is -2.32. The lowest BCUT2D eigenvalue weighted by molar-refractivity contribution is -0.156. The monoisotopic (exact) mass is 606 g/mol. The topological polar surface area (TPSA) is 132 Å². The van der Waals surface area contributed by atoms with Crippen molar-refractivity contribution >= 4 is 17.8 Å². The van der Waals surface area contributed by atoms with E-state index in [1.165, 1.54) is 26.3 Å². The van der Waals surface area contributed by atoms with E-state index in [0.29, 0.717) is 31.4 Å². The second-order valence-electron chi connectivity index (χ2n) is 10.4. The first-order chi connectivity index (χ1) is 21.3. The molecule has 1 N–H and O–H groups in total. The largest absolute Gasteiger partial charge is 0.497 e. The summed E-state index contributed by atoms with van der Waals surface area (Å²) in [5, 5.41) is 2.76. The molecule has 0 bridgehead atoms. The van der Waals surface area contributed by atoms with Gasteiger partial charge in [-0.15, -0.1) is 0 Å². The van der Waals surface area contributed by atoms with E-state index in [1.807, 2.05) is 54.6 Å². The number of carbonyl (C=O) groups excluding carboxylic acids is 3. The molecule has 1 saturated heterocycles. The average Bonchev–Trinajstić information content (AvgIpc) is 3.07. The maximum Gasteiger partial charge on any atom is 0.329 e. The van der Waals surface area contributed by atoms with Crippen molar-refractivity contribution in [2.24, 2.45) is 5.92 Å². The molecule has 0 unspecified atom stereocenters. The second kappa shape index (κ2) is 15.6. The van der Waals surface area contributed by atoms with Gasteiger partial charge in [-0.3, -0.25) is 9.59 Å². The molecule has 4 atom stereocenters. The number of hydrogen-bond donors (Lipinski definition) is 1. The maximum absolute atomic E-state index is 13.4. The summed E-state index contributed by atoms with van der Waals surface area (Å²) in [6.07, 6.45) is 2.67. The van der Waals surface area contributed by atoms with Gasteiger partial charge in [-0.05, 0) is 56.0 Å². The Morgan fingerprint density at radius 3 is 2.41 bits per heavy atom. The molecule has 3 aromatic rings. The highest BCUT2D eigenvalue weighted by molar-refractivity contribution is 5.98. The van der Waals surface area contributed by atoms with Crippen molar-refractivity contribution in [3.63, 3.8) is 0 Å². The highest BCUT2D eigenvalue weighted by atomic mass is 16.7. The number of cyclic esters (lactones) is 1. The average molecular weight is 607 g/mol. The molecule has 1 fully saturated rings. The molecule has 44 heavy (non-hydrogen) atoms. The molecule has 0 spiro atoms. The summed E-state index contributed by atoms with van der Waals surface area (Å²) in [7, 11) is 3.03. The van der Waals surface area contributed by atoms with Crippen LogP contribution in [0.15, 0.2) is 66.9 Å². The molecule has 2 aromatic carbocycles. The molecular weight excluding hydrogens is 568 g/mol. The number of methoxy groups -OCH3 is 2. The zero-order chi connectivity index (χ0) is 31.5. The highest BCUT2D eigenvalue weighted by Gasteiger charge is 2.36. The van der Waals surface area contributed by atoms with Crippen molar-refractivity contribution in [2.45, 2.75) is 57.8 Å². The maximum atomic E-state index is 13.4. The van der Waals surface area contributed by atoms with Gasteiger partial charge >= 0.3 is 11.9 Å². The third kappa shape index (κ3) is 8.62. The normalized spacial score (nSPS) is 20.1. The van der Waals surface area contributed by atoms with E-state index in [4.69, 9.17) is 28.4 Å². The van der Waals surface area contributed by atoms with Crippen molar-refractivity contribution in [3.05, 3.63) is 78.1 Å². The Morgan fingerprint density at radius 1 is 0.977 bits per heavy atom. The number of nitrogens with zero attached hydrogens (tertiary/aromatic N) is 1. The van der Waals surface area contributed by atoms with Crippen LogP contribution in [0.2, 0.25) is 0 Å². The quantitative estimate of drug-likeness (QED) is 0.246. The van der Waals surface area contributed by atoms with E-state index in [9.17, 15) is 14.4 Å². The molecule has 0 saturated carbocycles. The van der Waals surface area contributed by atoms with Crippen molar-refractivity contribution < 1.29 is 42.8 Å². The first-order valence-corrected chi connectivity index (χ1v) is 14.4. The van der Waals surface area contributed by atoms with Gasteiger partial charge in [0.05, 0.1) is 14.2 Å². The van der Waals surface area contributed by atoms with Crippen molar-refractivity contribution in [1.82, 2.24) is 10.3 Å². The lowest BCUT2D eigenvalue weighted by Crippen LogP contribution is -2.45. The fraction of sp³-hybridized carbons (Fsp3) is 0.394. The third-order valence-corrected chi connectivity index (χ3v) is 7.33. The Kier molecular flexibility index (Phi) is 11.4. The van der Waals surface area contributed by atoms with Crippen LogP contribution < -0.4 is 24.3 Å². The number of rotatable bonds is 11. The zero-order valence-electron chi connectivity index (χ0n) is 25.3. The number of esters is 2. The summed E-state index contributed by atoms with van der Waals surface area (Å²) in [6, 6.07) is 17.9. The minimum Gasteiger partial charge on any atom is -0.497 e. The summed E-state index contributed by atoms with van der Waals surface area (Å²) in [5.41, 5.74) is 0.977. The van der Waals surface area contributed by atoms with Crippen LogP contribution in [0.4, 0.5) is 0 Å². The SMILES string of the molecule is COc1ccc(C[C@H]2CCC[C@H](NC(=O)c3nccc(OC)c3OCOC(C)=O)C(=O)O[C@@H](C)[C@@H]2Oc2ccccc2)cc1. The Bertz CT molecular complexity index is 1400. The van der Waals surface area contributed by atoms with Crippen LogP contribution in [0.3, 0.4) is 0 Å². The number of pyridine rings is 1. The predicted molar refractivity (Wildman–Crippen MR) is 160 cm³/mol. The second-order valence-corrected chi connectivity index (χ2v) is 10.4. The molecule has 234 valence electrons. The van der Waals surface area contributed by atoms with Crippen LogP contribution >= 0.6 is 0 Å². The molecule has 1 aliphatic rings. The molecule has 1 amide bonds. The Labute approximate surface area is 256 Å². The fourth-order valence-corrected chi connectivity index (χ4v) is 5.13. The molecule has 11 nitrogen and oxygen atoms in total. The summed E-state index contributed by atoms with van der Waals surface area (Å²) in [4.78, 5) is 42.2. The van der Waals surface area contributed by atoms with Crippen LogP contribution in [0.25, 0.3) is 0 Å². The Balaban J connectivity index is 1.54. The van der Waals surface area contributed by atoms with Gasteiger partial charge in [0.1, 0.15) is 29.7 Å². The zero-order valence-corrected chi connectivity index (χ0v) is 25.3. The fourth-order valence-electron chi connectivity index (χ4n) is 5.13. The molecule has 1 aromatic heterocycles. The smallest absolute Gasteiger partial charge is 0.329 e. The highest BCUT2D eigenvalue weighted by Crippen LogP contribution is 2.31. The molecule has 1 aliphatic heterocycles. The van der Waals surface area contributed by atoms with E-state index in [1.54, 1.807) is 14.0 Å². The third-order valence-electron chi connectivity index (χ3n) is 7.33. The predicted octanol–water partition coefficient (Wildman–Crippen LogP) is 4.52. The van der Waals surface area contributed by atoms with Gasteiger partial charge in [-0.25, -0.2) is 9.78 Å². The van der Waals surface area contributed by atoms with Crippen molar-refractivity contribution in [2.75, 3.05) is 21.0 Å². The van der Waals surface area contributed by atoms with Gasteiger partial charge in [-0.2, -0.15) is 0 Å². The van der Waals surface area contributed by atoms with Gasteiger partial charge in [0.2, 0.25) is 6.79 Å². The van der Waals surface area contributed by atoms with Crippen molar-refractivity contribution in [1.29, 1.82) is 0 Å². The molecule has 11 heteroatoms.